The van der Waals surface area contributed by atoms with Gasteiger partial charge >= 0.3 is 6.18 Å². The van der Waals surface area contributed by atoms with Gasteiger partial charge in [0.05, 0.1) is 5.56 Å². The van der Waals surface area contributed by atoms with Gasteiger partial charge in [-0.05, 0) is 26.3 Å². The first kappa shape index (κ1) is 25.0. The van der Waals surface area contributed by atoms with Crippen molar-refractivity contribution in [1.29, 1.82) is 5.41 Å². The molecule has 0 bridgehead atoms. The smallest absolute Gasteiger partial charge is 0.339 e. The Morgan fingerprint density at radius 2 is 1.74 bits per heavy atom. The number of piperazine rings is 1. The lowest BCUT2D eigenvalue weighted by molar-refractivity contribution is -0.138. The number of aromatic nitrogens is 2. The van der Waals surface area contributed by atoms with E-state index in [4.69, 9.17) is 5.41 Å². The van der Waals surface area contributed by atoms with Crippen LogP contribution in [0.15, 0.2) is 12.4 Å². The molecule has 0 radical (unpaired) electrons. The fourth-order valence-corrected chi connectivity index (χ4v) is 3.81. The Morgan fingerprint density at radius 1 is 1.13 bits per heavy atom. The third kappa shape index (κ3) is 7.15. The van der Waals surface area contributed by atoms with E-state index in [1.54, 1.807) is 9.80 Å². The van der Waals surface area contributed by atoms with E-state index in [0.717, 1.165) is 38.3 Å². The van der Waals surface area contributed by atoms with Gasteiger partial charge in [0.15, 0.2) is 0 Å². The maximum Gasteiger partial charge on any atom is 0.419 e. The molecule has 2 fully saturated rings. The van der Waals surface area contributed by atoms with Crippen LogP contribution in [0.4, 0.5) is 19.1 Å². The number of nitrogens with zero attached hydrogens (tertiary/aromatic N) is 5. The van der Waals surface area contributed by atoms with Crippen LogP contribution in [0, 0.1) is 11.3 Å². The SMILES string of the molecule is CC.CC(=N)C1CCCN(CCC(=O)N2CCN(c3ncc(C(F)(F)F)cn3)CC2)C1. The first-order valence-electron chi connectivity index (χ1n) is 10.9. The zero-order valence-corrected chi connectivity index (χ0v) is 18.6. The summed E-state index contributed by atoms with van der Waals surface area (Å²) in [5.74, 6) is 0.643. The highest BCUT2D eigenvalue weighted by atomic mass is 19.4. The molecule has 1 unspecified atom stereocenters. The minimum atomic E-state index is -4.45. The summed E-state index contributed by atoms with van der Waals surface area (Å²) in [5, 5.41) is 7.82. The molecule has 2 aliphatic rings. The minimum Gasteiger partial charge on any atom is -0.339 e. The largest absolute Gasteiger partial charge is 0.419 e. The van der Waals surface area contributed by atoms with Crippen molar-refractivity contribution < 1.29 is 18.0 Å². The van der Waals surface area contributed by atoms with Crippen LogP contribution in [-0.2, 0) is 11.0 Å². The van der Waals surface area contributed by atoms with Crippen LogP contribution < -0.4 is 4.90 Å². The molecule has 3 rings (SSSR count). The fraction of sp³-hybridized carbons (Fsp3) is 0.714. The Labute approximate surface area is 182 Å². The van der Waals surface area contributed by atoms with Crippen molar-refractivity contribution in [2.24, 2.45) is 5.92 Å². The van der Waals surface area contributed by atoms with Crippen molar-refractivity contribution in [3.63, 3.8) is 0 Å². The van der Waals surface area contributed by atoms with E-state index >= 15 is 0 Å². The van der Waals surface area contributed by atoms with Crippen LogP contribution in [-0.4, -0.2) is 77.2 Å². The van der Waals surface area contributed by atoms with E-state index in [-0.39, 0.29) is 11.9 Å². The van der Waals surface area contributed by atoms with Crippen LogP contribution in [0.5, 0.6) is 0 Å². The Kier molecular flexibility index (Phi) is 9.21. The number of carbonyl (C=O) groups is 1. The number of alkyl halides is 3. The van der Waals surface area contributed by atoms with E-state index < -0.39 is 11.7 Å². The molecule has 3 heterocycles. The summed E-state index contributed by atoms with van der Waals surface area (Å²) in [7, 11) is 0. The standard InChI is InChI=1S/C19H27F3N6O.C2H6/c1-14(23)15-3-2-5-26(13-15)6-4-17(29)27-7-9-28(10-8-27)18-24-11-16(12-25-18)19(20,21)22;1-2/h11-12,15,23H,2-10,13H2,1H3;1-2H3. The number of amides is 1. The molecule has 31 heavy (non-hydrogen) atoms. The number of piperidine rings is 1. The van der Waals surface area contributed by atoms with E-state index in [9.17, 15) is 18.0 Å². The molecule has 0 aromatic carbocycles. The summed E-state index contributed by atoms with van der Waals surface area (Å²) in [4.78, 5) is 26.0. The highest BCUT2D eigenvalue weighted by Crippen LogP contribution is 2.28. The van der Waals surface area contributed by atoms with Gasteiger partial charge in [-0.1, -0.05) is 13.8 Å². The summed E-state index contributed by atoms with van der Waals surface area (Å²) in [6.45, 7) is 10.4. The first-order valence-corrected chi connectivity index (χ1v) is 10.9. The van der Waals surface area contributed by atoms with Gasteiger partial charge in [-0.25, -0.2) is 9.97 Å². The van der Waals surface area contributed by atoms with Crippen LogP contribution >= 0.6 is 0 Å². The molecule has 0 saturated carbocycles. The molecule has 2 aliphatic heterocycles. The molecule has 1 N–H and O–H groups in total. The predicted molar refractivity (Wildman–Crippen MR) is 114 cm³/mol. The summed E-state index contributed by atoms with van der Waals surface area (Å²) < 4.78 is 37.9. The monoisotopic (exact) mass is 442 g/mol. The number of hydrogen-bond donors (Lipinski definition) is 1. The molecule has 1 aromatic heterocycles. The van der Waals surface area contributed by atoms with E-state index in [2.05, 4.69) is 14.9 Å². The van der Waals surface area contributed by atoms with Crippen LogP contribution in [0.2, 0.25) is 0 Å². The second kappa shape index (κ2) is 11.4. The number of nitrogens with one attached hydrogen (secondary N) is 1. The van der Waals surface area contributed by atoms with Gasteiger partial charge in [0.2, 0.25) is 11.9 Å². The second-order valence-electron chi connectivity index (χ2n) is 7.71. The van der Waals surface area contributed by atoms with Crippen molar-refractivity contribution in [3.05, 3.63) is 18.0 Å². The highest BCUT2D eigenvalue weighted by Gasteiger charge is 2.32. The Balaban J connectivity index is 0.00000166. The average Bonchev–Trinajstić information content (AvgIpc) is 2.78. The third-order valence-electron chi connectivity index (χ3n) is 5.64. The number of rotatable bonds is 5. The highest BCUT2D eigenvalue weighted by molar-refractivity contribution is 5.81. The molecule has 1 aromatic rings. The van der Waals surface area contributed by atoms with Gasteiger partial charge in [0.25, 0.3) is 0 Å². The second-order valence-corrected chi connectivity index (χ2v) is 7.71. The maximum atomic E-state index is 12.6. The molecule has 2 saturated heterocycles. The quantitative estimate of drug-likeness (QED) is 0.708. The van der Waals surface area contributed by atoms with Crippen LogP contribution in [0.25, 0.3) is 0 Å². The molecular formula is C21H33F3N6O. The van der Waals surface area contributed by atoms with E-state index in [1.165, 1.54) is 0 Å². The summed E-state index contributed by atoms with van der Waals surface area (Å²) in [6.07, 6.45) is -0.311. The van der Waals surface area contributed by atoms with E-state index in [1.807, 2.05) is 20.8 Å². The number of carbonyl (C=O) groups excluding carboxylic acids is 1. The lowest BCUT2D eigenvalue weighted by atomic mass is 9.94. The Morgan fingerprint density at radius 3 is 2.29 bits per heavy atom. The molecule has 10 heteroatoms. The number of anilines is 1. The van der Waals surface area contributed by atoms with Crippen molar-refractivity contribution in [1.82, 2.24) is 19.8 Å². The van der Waals surface area contributed by atoms with Gasteiger partial charge in [-0.15, -0.1) is 0 Å². The average molecular weight is 443 g/mol. The number of likely N-dealkylation sites (tertiary alicyclic amines) is 1. The zero-order chi connectivity index (χ0) is 23.0. The Bertz CT molecular complexity index is 717. The summed E-state index contributed by atoms with van der Waals surface area (Å²) in [5.41, 5.74) is -0.157. The van der Waals surface area contributed by atoms with Crippen LogP contribution in [0.3, 0.4) is 0 Å². The van der Waals surface area contributed by atoms with E-state index in [0.29, 0.717) is 50.8 Å². The van der Waals surface area contributed by atoms with Crippen molar-refractivity contribution in [3.8, 4) is 0 Å². The molecular weight excluding hydrogens is 409 g/mol. The predicted octanol–water partition coefficient (Wildman–Crippen LogP) is 3.31. The molecule has 0 spiro atoms. The third-order valence-corrected chi connectivity index (χ3v) is 5.64. The first-order chi connectivity index (χ1) is 14.7. The molecule has 0 aliphatic carbocycles. The Hall–Kier alpha value is -2.23. The van der Waals surface area contributed by atoms with Gasteiger partial charge in [-0.2, -0.15) is 13.2 Å². The lowest BCUT2D eigenvalue weighted by Crippen LogP contribution is -2.50. The van der Waals surface area contributed by atoms with Gasteiger partial charge in [0, 0.05) is 69.7 Å². The molecule has 174 valence electrons. The van der Waals surface area contributed by atoms with Crippen molar-refractivity contribution in [2.45, 2.75) is 46.2 Å². The zero-order valence-electron chi connectivity index (χ0n) is 18.6. The summed E-state index contributed by atoms with van der Waals surface area (Å²) in [6, 6.07) is 0. The summed E-state index contributed by atoms with van der Waals surface area (Å²) >= 11 is 0. The molecule has 1 atom stereocenters. The maximum absolute atomic E-state index is 12.6. The topological polar surface area (TPSA) is 76.4 Å². The van der Waals surface area contributed by atoms with Crippen molar-refractivity contribution in [2.75, 3.05) is 50.7 Å². The lowest BCUT2D eigenvalue weighted by Gasteiger charge is -2.36. The fourth-order valence-electron chi connectivity index (χ4n) is 3.81. The van der Waals surface area contributed by atoms with Gasteiger partial charge in [-0.3, -0.25) is 4.79 Å². The van der Waals surface area contributed by atoms with Crippen LogP contribution in [0.1, 0.15) is 45.6 Å². The molecule has 1 amide bonds. The minimum absolute atomic E-state index is 0.0895. The number of halogens is 3. The van der Waals surface area contributed by atoms with Crippen molar-refractivity contribution >= 4 is 17.6 Å². The van der Waals surface area contributed by atoms with Gasteiger partial charge in [0.1, 0.15) is 0 Å². The van der Waals surface area contributed by atoms with Gasteiger partial charge < -0.3 is 20.1 Å². The normalized spacial score (nSPS) is 20.1. The molecule has 7 nitrogen and oxygen atoms in total. The number of hydrogen-bond acceptors (Lipinski definition) is 6.